The van der Waals surface area contributed by atoms with Gasteiger partial charge in [-0.2, -0.15) is 0 Å². The first-order valence-corrected chi connectivity index (χ1v) is 7.09. The number of rotatable bonds is 6. The van der Waals surface area contributed by atoms with Crippen LogP contribution in [-0.4, -0.2) is 55.5 Å². The Balaban J connectivity index is 1.90. The summed E-state index contributed by atoms with van der Waals surface area (Å²) in [5.74, 6) is 0.785. The third kappa shape index (κ3) is 4.13. The summed E-state index contributed by atoms with van der Waals surface area (Å²) in [5, 5.41) is 3.28. The molecule has 2 unspecified atom stereocenters. The molecular formula is C14H24N4O2. The third-order valence-corrected chi connectivity index (χ3v) is 3.37. The lowest BCUT2D eigenvalue weighted by Crippen LogP contribution is -2.48. The highest BCUT2D eigenvalue weighted by Crippen LogP contribution is 2.17. The van der Waals surface area contributed by atoms with Crippen LogP contribution in [0.15, 0.2) is 12.4 Å². The third-order valence-electron chi connectivity index (χ3n) is 3.37. The van der Waals surface area contributed by atoms with Crippen molar-refractivity contribution < 1.29 is 9.47 Å². The number of nitrogens with one attached hydrogen (secondary N) is 1. The van der Waals surface area contributed by atoms with Crippen molar-refractivity contribution in [3.05, 3.63) is 18.0 Å². The average molecular weight is 280 g/mol. The van der Waals surface area contributed by atoms with Gasteiger partial charge >= 0.3 is 0 Å². The van der Waals surface area contributed by atoms with Gasteiger partial charge in [-0.3, -0.25) is 0 Å². The topological polar surface area (TPSA) is 59.5 Å². The largest absolute Gasteiger partial charge is 0.383 e. The van der Waals surface area contributed by atoms with Crippen molar-refractivity contribution in [1.82, 2.24) is 15.3 Å². The minimum Gasteiger partial charge on any atom is -0.383 e. The molecule has 1 N–H and O–H groups in total. The number of hydrogen-bond donors (Lipinski definition) is 1. The van der Waals surface area contributed by atoms with Crippen LogP contribution in [0, 0.1) is 0 Å². The van der Waals surface area contributed by atoms with Gasteiger partial charge in [0, 0.05) is 44.7 Å². The van der Waals surface area contributed by atoms with E-state index >= 15 is 0 Å². The maximum absolute atomic E-state index is 5.62. The highest BCUT2D eigenvalue weighted by atomic mass is 16.5. The average Bonchev–Trinajstić information content (AvgIpc) is 2.47. The molecule has 20 heavy (non-hydrogen) atoms. The summed E-state index contributed by atoms with van der Waals surface area (Å²) in [6, 6.07) is 0.317. The van der Waals surface area contributed by atoms with E-state index in [2.05, 4.69) is 34.0 Å². The van der Waals surface area contributed by atoms with Crippen LogP contribution in [0.5, 0.6) is 0 Å². The van der Waals surface area contributed by atoms with E-state index in [1.165, 1.54) is 0 Å². The monoisotopic (exact) mass is 280 g/mol. The van der Waals surface area contributed by atoms with Crippen molar-refractivity contribution in [2.75, 3.05) is 38.3 Å². The van der Waals surface area contributed by atoms with Gasteiger partial charge in [0.05, 0.1) is 25.4 Å². The maximum Gasteiger partial charge on any atom is 0.225 e. The lowest BCUT2D eigenvalue weighted by atomic mass is 10.2. The Morgan fingerprint density at radius 1 is 1.40 bits per heavy atom. The zero-order valence-electron chi connectivity index (χ0n) is 12.5. The van der Waals surface area contributed by atoms with Crippen molar-refractivity contribution in [3.63, 3.8) is 0 Å². The van der Waals surface area contributed by atoms with Crippen LogP contribution < -0.4 is 10.2 Å². The Labute approximate surface area is 120 Å². The van der Waals surface area contributed by atoms with Crippen LogP contribution in [0.2, 0.25) is 0 Å². The molecule has 1 aliphatic rings. The number of hydrogen-bond acceptors (Lipinski definition) is 6. The normalized spacial score (nSPS) is 23.1. The molecule has 0 radical (unpaired) electrons. The molecule has 1 aromatic rings. The number of ether oxygens (including phenoxy) is 2. The van der Waals surface area contributed by atoms with Crippen molar-refractivity contribution in [1.29, 1.82) is 0 Å². The van der Waals surface area contributed by atoms with Gasteiger partial charge in [0.25, 0.3) is 0 Å². The molecule has 1 saturated heterocycles. The molecule has 0 bridgehead atoms. The molecule has 1 aromatic heterocycles. The lowest BCUT2D eigenvalue weighted by Gasteiger charge is -2.36. The second-order valence-corrected chi connectivity index (χ2v) is 5.21. The summed E-state index contributed by atoms with van der Waals surface area (Å²) >= 11 is 0. The van der Waals surface area contributed by atoms with E-state index < -0.39 is 0 Å². The number of methoxy groups -OCH3 is 1. The fourth-order valence-corrected chi connectivity index (χ4v) is 2.18. The van der Waals surface area contributed by atoms with E-state index in [-0.39, 0.29) is 6.10 Å². The molecule has 0 aliphatic carbocycles. The SMILES string of the molecule is COCCNCc1cnc(N2CC(C)OCC2C)nc1. The summed E-state index contributed by atoms with van der Waals surface area (Å²) in [7, 11) is 1.70. The first-order valence-electron chi connectivity index (χ1n) is 7.09. The number of aromatic nitrogens is 2. The molecule has 1 aliphatic heterocycles. The van der Waals surface area contributed by atoms with E-state index in [4.69, 9.17) is 9.47 Å². The highest BCUT2D eigenvalue weighted by Gasteiger charge is 2.25. The molecule has 0 aromatic carbocycles. The van der Waals surface area contributed by atoms with E-state index in [9.17, 15) is 0 Å². The van der Waals surface area contributed by atoms with Crippen molar-refractivity contribution in [2.45, 2.75) is 32.5 Å². The van der Waals surface area contributed by atoms with E-state index in [1.807, 2.05) is 12.4 Å². The summed E-state index contributed by atoms with van der Waals surface area (Å²) in [6.45, 7) is 8.08. The molecule has 6 nitrogen and oxygen atoms in total. The van der Waals surface area contributed by atoms with E-state index in [1.54, 1.807) is 7.11 Å². The quantitative estimate of drug-likeness (QED) is 0.779. The zero-order valence-corrected chi connectivity index (χ0v) is 12.5. The molecule has 112 valence electrons. The number of nitrogens with zero attached hydrogens (tertiary/aromatic N) is 3. The van der Waals surface area contributed by atoms with Crippen LogP contribution in [0.3, 0.4) is 0 Å². The zero-order chi connectivity index (χ0) is 14.4. The van der Waals surface area contributed by atoms with E-state index in [0.29, 0.717) is 12.6 Å². The van der Waals surface area contributed by atoms with Gasteiger partial charge < -0.3 is 19.7 Å². The van der Waals surface area contributed by atoms with Crippen molar-refractivity contribution in [2.24, 2.45) is 0 Å². The molecule has 0 spiro atoms. The van der Waals surface area contributed by atoms with Crippen LogP contribution in [0.25, 0.3) is 0 Å². The van der Waals surface area contributed by atoms with Gasteiger partial charge in [0.1, 0.15) is 0 Å². The maximum atomic E-state index is 5.62. The first-order chi connectivity index (χ1) is 9.70. The van der Waals surface area contributed by atoms with Crippen molar-refractivity contribution >= 4 is 5.95 Å². The Bertz CT molecular complexity index is 399. The molecular weight excluding hydrogens is 256 g/mol. The highest BCUT2D eigenvalue weighted by molar-refractivity contribution is 5.32. The van der Waals surface area contributed by atoms with Gasteiger partial charge in [-0.1, -0.05) is 0 Å². The Hall–Kier alpha value is -1.24. The fraction of sp³-hybridized carbons (Fsp3) is 0.714. The fourth-order valence-electron chi connectivity index (χ4n) is 2.18. The van der Waals surface area contributed by atoms with Gasteiger partial charge in [0.15, 0.2) is 0 Å². The van der Waals surface area contributed by atoms with Crippen LogP contribution in [0.1, 0.15) is 19.4 Å². The number of anilines is 1. The standard InChI is InChI=1S/C14H24N4O2/c1-11-10-20-12(2)9-18(11)14-16-7-13(8-17-14)6-15-4-5-19-3/h7-8,11-12,15H,4-6,9-10H2,1-3H3. The number of morpholine rings is 1. The lowest BCUT2D eigenvalue weighted by molar-refractivity contribution is 0.0337. The Morgan fingerprint density at radius 2 is 2.15 bits per heavy atom. The molecule has 0 saturated carbocycles. The summed E-state index contributed by atoms with van der Waals surface area (Å²) in [6.07, 6.45) is 3.99. The molecule has 6 heteroatoms. The second kappa shape index (κ2) is 7.52. The minimum absolute atomic E-state index is 0.227. The van der Waals surface area contributed by atoms with Crippen LogP contribution >= 0.6 is 0 Å². The molecule has 1 fully saturated rings. The molecule has 2 atom stereocenters. The Kier molecular flexibility index (Phi) is 5.70. The molecule has 2 heterocycles. The van der Waals surface area contributed by atoms with E-state index in [0.717, 1.165) is 37.8 Å². The van der Waals surface area contributed by atoms with Crippen LogP contribution in [-0.2, 0) is 16.0 Å². The predicted octanol–water partition coefficient (Wildman–Crippen LogP) is 0.826. The van der Waals surface area contributed by atoms with Gasteiger partial charge in [-0.15, -0.1) is 0 Å². The Morgan fingerprint density at radius 3 is 2.85 bits per heavy atom. The smallest absolute Gasteiger partial charge is 0.225 e. The first kappa shape index (κ1) is 15.2. The molecule has 0 amide bonds. The molecule has 2 rings (SSSR count). The van der Waals surface area contributed by atoms with Crippen LogP contribution in [0.4, 0.5) is 5.95 Å². The summed E-state index contributed by atoms with van der Waals surface area (Å²) < 4.78 is 10.6. The summed E-state index contributed by atoms with van der Waals surface area (Å²) in [4.78, 5) is 11.2. The second-order valence-electron chi connectivity index (χ2n) is 5.21. The van der Waals surface area contributed by atoms with Gasteiger partial charge in [-0.05, 0) is 13.8 Å². The van der Waals surface area contributed by atoms with Gasteiger partial charge in [0.2, 0.25) is 5.95 Å². The van der Waals surface area contributed by atoms with Crippen molar-refractivity contribution in [3.8, 4) is 0 Å². The summed E-state index contributed by atoms with van der Waals surface area (Å²) in [5.41, 5.74) is 1.08. The minimum atomic E-state index is 0.227. The van der Waals surface area contributed by atoms with Gasteiger partial charge in [-0.25, -0.2) is 9.97 Å². The predicted molar refractivity (Wildman–Crippen MR) is 77.8 cm³/mol.